The van der Waals surface area contributed by atoms with Gasteiger partial charge in [0, 0.05) is 31.2 Å². The number of aromatic nitrogens is 3. The molecule has 1 unspecified atom stereocenters. The summed E-state index contributed by atoms with van der Waals surface area (Å²) in [6.07, 6.45) is 7.18. The molecule has 0 saturated heterocycles. The lowest BCUT2D eigenvalue weighted by atomic mass is 10.3. The lowest BCUT2D eigenvalue weighted by Gasteiger charge is -2.16. The van der Waals surface area contributed by atoms with Crippen LogP contribution in [0.2, 0.25) is 0 Å². The van der Waals surface area contributed by atoms with Crippen molar-refractivity contribution in [2.24, 2.45) is 0 Å². The van der Waals surface area contributed by atoms with Gasteiger partial charge in [-0.15, -0.1) is 0 Å². The van der Waals surface area contributed by atoms with Crippen LogP contribution in [0.4, 0.5) is 11.5 Å². The third-order valence-electron chi connectivity index (χ3n) is 2.28. The van der Waals surface area contributed by atoms with Crippen molar-refractivity contribution in [1.29, 1.82) is 0 Å². The molecular weight excluding hydrogens is 202 g/mol. The molecule has 1 atom stereocenters. The van der Waals surface area contributed by atoms with Gasteiger partial charge in [-0.3, -0.25) is 0 Å². The second-order valence-corrected chi connectivity index (χ2v) is 3.74. The van der Waals surface area contributed by atoms with E-state index in [9.17, 15) is 0 Å². The average molecular weight is 217 g/mol. The summed E-state index contributed by atoms with van der Waals surface area (Å²) in [5.41, 5.74) is 6.62. The Labute approximate surface area is 94.3 Å². The number of hydrogen-bond acceptors (Lipinski definition) is 4. The molecule has 2 heterocycles. The molecule has 2 rings (SSSR count). The quantitative estimate of drug-likeness (QED) is 0.811. The van der Waals surface area contributed by atoms with Crippen LogP contribution in [-0.4, -0.2) is 20.6 Å². The minimum atomic E-state index is 0.265. The number of nitrogens with two attached hydrogens (primary N) is 1. The molecule has 0 amide bonds. The molecule has 0 aliphatic heterocycles. The highest BCUT2D eigenvalue weighted by molar-refractivity contribution is 5.61. The molecule has 3 N–H and O–H groups in total. The number of nitrogen functional groups attached to an aromatic ring is 1. The Bertz CT molecular complexity index is 437. The average Bonchev–Trinajstić information content (AvgIpc) is 2.74. The number of imidazole rings is 1. The van der Waals surface area contributed by atoms with E-state index in [-0.39, 0.29) is 6.04 Å². The zero-order valence-electron chi connectivity index (χ0n) is 9.17. The number of nitrogens with one attached hydrogen (secondary N) is 1. The number of rotatable bonds is 4. The van der Waals surface area contributed by atoms with Crippen molar-refractivity contribution in [2.75, 3.05) is 11.1 Å². The summed E-state index contributed by atoms with van der Waals surface area (Å²) in [5.74, 6) is 0.528. The molecule has 0 spiro atoms. The van der Waals surface area contributed by atoms with E-state index >= 15 is 0 Å². The Hall–Kier alpha value is -2.04. The van der Waals surface area contributed by atoms with Gasteiger partial charge in [-0.05, 0) is 19.1 Å². The first kappa shape index (κ1) is 10.5. The van der Waals surface area contributed by atoms with Crippen LogP contribution in [0.1, 0.15) is 6.92 Å². The highest BCUT2D eigenvalue weighted by Crippen LogP contribution is 2.15. The standard InChI is InChI=1S/C11H15N5/c1-9(7-16-6-5-13-8-16)15-10-3-2-4-14-11(10)12/h2-6,8-9,15H,7H2,1H3,(H2,12,14). The Morgan fingerprint density at radius 1 is 1.50 bits per heavy atom. The minimum absolute atomic E-state index is 0.265. The van der Waals surface area contributed by atoms with Gasteiger partial charge in [-0.2, -0.15) is 0 Å². The van der Waals surface area contributed by atoms with Crippen LogP contribution in [0.3, 0.4) is 0 Å². The number of hydrogen-bond donors (Lipinski definition) is 2. The van der Waals surface area contributed by atoms with Crippen LogP contribution in [0.15, 0.2) is 37.1 Å². The number of pyridine rings is 1. The summed E-state index contributed by atoms with van der Waals surface area (Å²) >= 11 is 0. The first-order chi connectivity index (χ1) is 7.75. The molecule has 2 aromatic rings. The fourth-order valence-corrected chi connectivity index (χ4v) is 1.56. The van der Waals surface area contributed by atoms with E-state index in [1.54, 1.807) is 18.7 Å². The van der Waals surface area contributed by atoms with Crippen molar-refractivity contribution >= 4 is 11.5 Å². The monoisotopic (exact) mass is 217 g/mol. The van der Waals surface area contributed by atoms with Gasteiger partial charge < -0.3 is 15.6 Å². The maximum atomic E-state index is 5.75. The third-order valence-corrected chi connectivity index (χ3v) is 2.28. The fourth-order valence-electron chi connectivity index (χ4n) is 1.56. The Morgan fingerprint density at radius 2 is 2.38 bits per heavy atom. The topological polar surface area (TPSA) is 68.8 Å². The van der Waals surface area contributed by atoms with Crippen LogP contribution >= 0.6 is 0 Å². The van der Waals surface area contributed by atoms with Gasteiger partial charge in [0.25, 0.3) is 0 Å². The summed E-state index contributed by atoms with van der Waals surface area (Å²) in [5, 5.41) is 3.31. The zero-order chi connectivity index (χ0) is 11.4. The lowest BCUT2D eigenvalue weighted by molar-refractivity contribution is 0.619. The molecule has 0 aromatic carbocycles. The van der Waals surface area contributed by atoms with Crippen LogP contribution in [0.5, 0.6) is 0 Å². The predicted octanol–water partition coefficient (Wildman–Crippen LogP) is 1.36. The second kappa shape index (κ2) is 4.65. The van der Waals surface area contributed by atoms with Crippen LogP contribution in [-0.2, 0) is 6.54 Å². The van der Waals surface area contributed by atoms with Gasteiger partial charge in [0.2, 0.25) is 0 Å². The van der Waals surface area contributed by atoms with Crippen molar-refractivity contribution in [3.05, 3.63) is 37.1 Å². The molecule has 0 saturated carbocycles. The van der Waals surface area contributed by atoms with Crippen LogP contribution < -0.4 is 11.1 Å². The third kappa shape index (κ3) is 2.50. The molecule has 2 aromatic heterocycles. The predicted molar refractivity (Wildman–Crippen MR) is 64.0 cm³/mol. The highest BCUT2D eigenvalue weighted by Gasteiger charge is 2.05. The summed E-state index contributed by atoms with van der Waals surface area (Å²) in [7, 11) is 0. The Morgan fingerprint density at radius 3 is 3.06 bits per heavy atom. The summed E-state index contributed by atoms with van der Waals surface area (Å²) in [4.78, 5) is 8.02. The molecule has 0 bridgehead atoms. The minimum Gasteiger partial charge on any atom is -0.382 e. The van der Waals surface area contributed by atoms with Gasteiger partial charge in [0.15, 0.2) is 0 Å². The molecule has 0 aliphatic rings. The van der Waals surface area contributed by atoms with Gasteiger partial charge in [0.05, 0.1) is 12.0 Å². The fraction of sp³-hybridized carbons (Fsp3) is 0.273. The molecule has 5 heteroatoms. The summed E-state index contributed by atoms with van der Waals surface area (Å²) in [6.45, 7) is 2.93. The van der Waals surface area contributed by atoms with E-state index in [0.717, 1.165) is 12.2 Å². The number of anilines is 2. The van der Waals surface area contributed by atoms with Gasteiger partial charge >= 0.3 is 0 Å². The second-order valence-electron chi connectivity index (χ2n) is 3.74. The largest absolute Gasteiger partial charge is 0.382 e. The van der Waals surface area contributed by atoms with E-state index in [1.807, 2.05) is 22.9 Å². The maximum absolute atomic E-state index is 5.75. The SMILES string of the molecule is CC(Cn1ccnc1)Nc1cccnc1N. The maximum Gasteiger partial charge on any atom is 0.146 e. The van der Waals surface area contributed by atoms with Crippen LogP contribution in [0.25, 0.3) is 0 Å². The van der Waals surface area contributed by atoms with Crippen molar-refractivity contribution in [3.63, 3.8) is 0 Å². The smallest absolute Gasteiger partial charge is 0.146 e. The van der Waals surface area contributed by atoms with Crippen molar-refractivity contribution < 1.29 is 0 Å². The molecule has 0 radical (unpaired) electrons. The van der Waals surface area contributed by atoms with E-state index in [0.29, 0.717) is 5.82 Å². The van der Waals surface area contributed by atoms with Crippen LogP contribution in [0, 0.1) is 0 Å². The molecule has 0 aliphatic carbocycles. The summed E-state index contributed by atoms with van der Waals surface area (Å²) in [6, 6.07) is 4.05. The van der Waals surface area contributed by atoms with E-state index in [2.05, 4.69) is 22.2 Å². The van der Waals surface area contributed by atoms with Crippen molar-refractivity contribution in [3.8, 4) is 0 Å². The van der Waals surface area contributed by atoms with E-state index in [4.69, 9.17) is 5.73 Å². The molecule has 0 fully saturated rings. The number of nitrogens with zero attached hydrogens (tertiary/aromatic N) is 3. The molecule has 5 nitrogen and oxygen atoms in total. The Balaban J connectivity index is 1.97. The molecule has 16 heavy (non-hydrogen) atoms. The van der Waals surface area contributed by atoms with Gasteiger partial charge in [-0.1, -0.05) is 0 Å². The zero-order valence-corrected chi connectivity index (χ0v) is 9.17. The van der Waals surface area contributed by atoms with Crippen molar-refractivity contribution in [2.45, 2.75) is 19.5 Å². The Kier molecular flexibility index (Phi) is 3.05. The van der Waals surface area contributed by atoms with Gasteiger partial charge in [-0.25, -0.2) is 9.97 Å². The van der Waals surface area contributed by atoms with Crippen molar-refractivity contribution in [1.82, 2.24) is 14.5 Å². The van der Waals surface area contributed by atoms with E-state index in [1.165, 1.54) is 0 Å². The van der Waals surface area contributed by atoms with Gasteiger partial charge in [0.1, 0.15) is 5.82 Å². The summed E-state index contributed by atoms with van der Waals surface area (Å²) < 4.78 is 2.02. The van der Waals surface area contributed by atoms with E-state index < -0.39 is 0 Å². The molecular formula is C11H15N5. The molecule has 84 valence electrons. The lowest BCUT2D eigenvalue weighted by Crippen LogP contribution is -2.22. The normalized spacial score (nSPS) is 12.3. The highest BCUT2D eigenvalue weighted by atomic mass is 15.1. The first-order valence-corrected chi connectivity index (χ1v) is 5.18. The first-order valence-electron chi connectivity index (χ1n) is 5.18.